The lowest BCUT2D eigenvalue weighted by atomic mass is 10.1. The first-order valence-electron chi connectivity index (χ1n) is 11.1. The van der Waals surface area contributed by atoms with E-state index in [-0.39, 0.29) is 30.9 Å². The molecule has 33 heavy (non-hydrogen) atoms. The molecule has 9 heteroatoms. The maximum absolute atomic E-state index is 12.6. The number of hydrogen-bond donors (Lipinski definition) is 2. The second-order valence-corrected chi connectivity index (χ2v) is 10.1. The molecule has 0 spiro atoms. The van der Waals surface area contributed by atoms with E-state index in [0.717, 1.165) is 24.7 Å². The standard InChI is InChI=1S/C24H31N3O5S/c1-18-8-5-9-19(16-18)27(33(2,30)31)14-6-13-23(28)26-22-12-4-3-11-21(22)24(29)25-17-20-10-7-15-32-20/h3-5,8-9,11-12,16,20H,6-7,10,13-15,17H2,1-2H3,(H,25,29)(H,26,28)/t20-/m1/s1. The summed E-state index contributed by atoms with van der Waals surface area (Å²) in [5.74, 6) is -0.559. The number of sulfonamides is 1. The zero-order chi connectivity index (χ0) is 23.8. The highest BCUT2D eigenvalue weighted by molar-refractivity contribution is 7.92. The van der Waals surface area contributed by atoms with Crippen molar-refractivity contribution in [2.45, 2.75) is 38.7 Å². The van der Waals surface area contributed by atoms with E-state index in [0.29, 0.717) is 36.5 Å². The van der Waals surface area contributed by atoms with E-state index < -0.39 is 10.0 Å². The maximum atomic E-state index is 12.6. The van der Waals surface area contributed by atoms with Crippen molar-refractivity contribution in [2.24, 2.45) is 0 Å². The third-order valence-electron chi connectivity index (χ3n) is 5.42. The molecular weight excluding hydrogens is 442 g/mol. The number of nitrogens with zero attached hydrogens (tertiary/aromatic N) is 1. The van der Waals surface area contributed by atoms with Crippen LogP contribution in [-0.2, 0) is 19.6 Å². The van der Waals surface area contributed by atoms with Crippen LogP contribution in [0.5, 0.6) is 0 Å². The van der Waals surface area contributed by atoms with E-state index in [1.807, 2.05) is 13.0 Å². The van der Waals surface area contributed by atoms with Gasteiger partial charge in [0.05, 0.1) is 29.3 Å². The minimum atomic E-state index is -3.48. The molecule has 3 rings (SSSR count). The normalized spacial score (nSPS) is 15.8. The Kier molecular flexibility index (Phi) is 8.46. The molecule has 0 aromatic heterocycles. The molecule has 0 radical (unpaired) electrons. The van der Waals surface area contributed by atoms with Crippen molar-refractivity contribution in [2.75, 3.05) is 35.6 Å². The Balaban J connectivity index is 1.56. The molecule has 1 fully saturated rings. The molecule has 1 saturated heterocycles. The van der Waals surface area contributed by atoms with Gasteiger partial charge < -0.3 is 15.4 Å². The van der Waals surface area contributed by atoms with Gasteiger partial charge in [-0.2, -0.15) is 0 Å². The predicted octanol–water partition coefficient (Wildman–Crippen LogP) is 3.09. The van der Waals surface area contributed by atoms with Gasteiger partial charge in [-0.15, -0.1) is 0 Å². The van der Waals surface area contributed by atoms with E-state index >= 15 is 0 Å². The van der Waals surface area contributed by atoms with Gasteiger partial charge in [0.1, 0.15) is 0 Å². The highest BCUT2D eigenvalue weighted by Crippen LogP contribution is 2.20. The van der Waals surface area contributed by atoms with E-state index in [4.69, 9.17) is 4.74 Å². The number of amides is 2. The SMILES string of the molecule is Cc1cccc(N(CCCC(=O)Nc2ccccc2C(=O)NC[C@H]2CCCO2)S(C)(=O)=O)c1. The average molecular weight is 474 g/mol. The second kappa shape index (κ2) is 11.3. The van der Waals surface area contributed by atoms with E-state index in [2.05, 4.69) is 10.6 Å². The summed E-state index contributed by atoms with van der Waals surface area (Å²) in [6, 6.07) is 14.0. The lowest BCUT2D eigenvalue weighted by molar-refractivity contribution is -0.116. The van der Waals surface area contributed by atoms with Crippen LogP contribution in [0.3, 0.4) is 0 Å². The van der Waals surface area contributed by atoms with Gasteiger partial charge in [0.25, 0.3) is 5.91 Å². The fourth-order valence-corrected chi connectivity index (χ4v) is 4.72. The second-order valence-electron chi connectivity index (χ2n) is 8.22. The fraction of sp³-hybridized carbons (Fsp3) is 0.417. The first kappa shape index (κ1) is 24.7. The number of benzene rings is 2. The molecule has 0 unspecified atom stereocenters. The quantitative estimate of drug-likeness (QED) is 0.552. The van der Waals surface area contributed by atoms with Gasteiger partial charge in [-0.25, -0.2) is 8.42 Å². The Morgan fingerprint density at radius 3 is 2.64 bits per heavy atom. The lowest BCUT2D eigenvalue weighted by Gasteiger charge is -2.22. The van der Waals surface area contributed by atoms with Crippen LogP contribution in [0.2, 0.25) is 0 Å². The Hall–Kier alpha value is -2.91. The van der Waals surface area contributed by atoms with Gasteiger partial charge in [-0.05, 0) is 56.0 Å². The Morgan fingerprint density at radius 1 is 1.15 bits per heavy atom. The molecule has 8 nitrogen and oxygen atoms in total. The van der Waals surface area contributed by atoms with Crippen LogP contribution < -0.4 is 14.9 Å². The van der Waals surface area contributed by atoms with Gasteiger partial charge in [0.15, 0.2) is 0 Å². The summed E-state index contributed by atoms with van der Waals surface area (Å²) in [6.07, 6.45) is 3.55. The van der Waals surface area contributed by atoms with Crippen LogP contribution in [-0.4, -0.2) is 52.3 Å². The lowest BCUT2D eigenvalue weighted by Crippen LogP contribution is -2.32. The smallest absolute Gasteiger partial charge is 0.253 e. The summed E-state index contributed by atoms with van der Waals surface area (Å²) in [4.78, 5) is 25.2. The van der Waals surface area contributed by atoms with Crippen LogP contribution in [0.1, 0.15) is 41.6 Å². The number of carbonyl (C=O) groups excluding carboxylic acids is 2. The molecule has 1 aliphatic rings. The van der Waals surface area contributed by atoms with E-state index in [1.165, 1.54) is 4.31 Å². The summed E-state index contributed by atoms with van der Waals surface area (Å²) in [5, 5.41) is 5.65. The summed E-state index contributed by atoms with van der Waals surface area (Å²) < 4.78 is 31.4. The van der Waals surface area contributed by atoms with Gasteiger partial charge in [-0.3, -0.25) is 13.9 Å². The van der Waals surface area contributed by atoms with E-state index in [9.17, 15) is 18.0 Å². The highest BCUT2D eigenvalue weighted by Gasteiger charge is 2.20. The third-order valence-corrected chi connectivity index (χ3v) is 6.61. The van der Waals surface area contributed by atoms with Crippen LogP contribution in [0, 0.1) is 6.92 Å². The summed E-state index contributed by atoms with van der Waals surface area (Å²) >= 11 is 0. The maximum Gasteiger partial charge on any atom is 0.253 e. The predicted molar refractivity (Wildman–Crippen MR) is 129 cm³/mol. The molecule has 1 atom stereocenters. The van der Waals surface area contributed by atoms with Crippen LogP contribution in [0.15, 0.2) is 48.5 Å². The van der Waals surface area contributed by atoms with Crippen molar-refractivity contribution in [3.05, 3.63) is 59.7 Å². The molecule has 0 saturated carbocycles. The molecule has 178 valence electrons. The van der Waals surface area contributed by atoms with Crippen molar-refractivity contribution < 1.29 is 22.7 Å². The number of hydrogen-bond acceptors (Lipinski definition) is 5. The number of para-hydroxylation sites is 1. The van der Waals surface area contributed by atoms with Gasteiger partial charge in [0.2, 0.25) is 15.9 Å². The minimum absolute atomic E-state index is 0.0295. The van der Waals surface area contributed by atoms with Crippen LogP contribution >= 0.6 is 0 Å². The monoisotopic (exact) mass is 473 g/mol. The summed E-state index contributed by atoms with van der Waals surface area (Å²) in [5.41, 5.74) is 2.33. The molecule has 2 amide bonds. The van der Waals surface area contributed by atoms with Crippen molar-refractivity contribution in [3.8, 4) is 0 Å². The van der Waals surface area contributed by atoms with Crippen LogP contribution in [0.25, 0.3) is 0 Å². The van der Waals surface area contributed by atoms with Gasteiger partial charge >= 0.3 is 0 Å². The molecule has 0 bridgehead atoms. The van der Waals surface area contributed by atoms with E-state index in [1.54, 1.807) is 42.5 Å². The molecule has 2 aromatic carbocycles. The number of aryl methyl sites for hydroxylation is 1. The Labute approximate surface area is 195 Å². The highest BCUT2D eigenvalue weighted by atomic mass is 32.2. The zero-order valence-corrected chi connectivity index (χ0v) is 19.9. The molecule has 1 heterocycles. The fourth-order valence-electron chi connectivity index (χ4n) is 3.76. The third kappa shape index (κ3) is 7.30. The number of ether oxygens (including phenoxy) is 1. The molecule has 0 aliphatic carbocycles. The van der Waals surface area contributed by atoms with Crippen molar-refractivity contribution in [1.82, 2.24) is 5.32 Å². The number of rotatable bonds is 10. The first-order valence-corrected chi connectivity index (χ1v) is 12.9. The molecule has 2 aromatic rings. The molecule has 2 N–H and O–H groups in total. The first-order chi connectivity index (χ1) is 15.7. The number of nitrogens with one attached hydrogen (secondary N) is 2. The topological polar surface area (TPSA) is 105 Å². The van der Waals surface area contributed by atoms with Crippen molar-refractivity contribution in [3.63, 3.8) is 0 Å². The minimum Gasteiger partial charge on any atom is -0.376 e. The number of anilines is 2. The van der Waals surface area contributed by atoms with Crippen LogP contribution in [0.4, 0.5) is 11.4 Å². The average Bonchev–Trinajstić information content (AvgIpc) is 3.28. The molecular formula is C24H31N3O5S. The Bertz CT molecular complexity index is 1080. The Morgan fingerprint density at radius 2 is 1.94 bits per heavy atom. The number of carbonyl (C=O) groups is 2. The molecule has 1 aliphatic heterocycles. The summed E-state index contributed by atoms with van der Waals surface area (Å²) in [6.45, 7) is 3.22. The van der Waals surface area contributed by atoms with Gasteiger partial charge in [0, 0.05) is 26.1 Å². The summed E-state index contributed by atoms with van der Waals surface area (Å²) in [7, 11) is -3.48. The van der Waals surface area contributed by atoms with Crippen molar-refractivity contribution >= 4 is 33.2 Å². The van der Waals surface area contributed by atoms with Crippen molar-refractivity contribution in [1.29, 1.82) is 0 Å². The van der Waals surface area contributed by atoms with Gasteiger partial charge in [-0.1, -0.05) is 24.3 Å². The largest absolute Gasteiger partial charge is 0.376 e. The zero-order valence-electron chi connectivity index (χ0n) is 19.0.